The van der Waals surface area contributed by atoms with Crippen LogP contribution >= 0.6 is 0 Å². The molecule has 0 bridgehead atoms. The molecule has 5 heteroatoms. The van der Waals surface area contributed by atoms with E-state index < -0.39 is 0 Å². The first-order chi connectivity index (χ1) is 17.5. The lowest BCUT2D eigenvalue weighted by Gasteiger charge is -2.31. The topological polar surface area (TPSA) is 47.4 Å². The van der Waals surface area contributed by atoms with Crippen molar-refractivity contribution in [2.75, 3.05) is 13.2 Å². The molecule has 2 aromatic carbocycles. The summed E-state index contributed by atoms with van der Waals surface area (Å²) in [6.45, 7) is 8.98. The Labute approximate surface area is 215 Å². The number of benzene rings is 2. The number of aryl methyl sites for hydroxylation is 2. The zero-order valence-corrected chi connectivity index (χ0v) is 22.2. The van der Waals surface area contributed by atoms with Gasteiger partial charge in [0.25, 0.3) is 0 Å². The fraction of sp³-hybridized carbons (Fsp3) is 0.548. The van der Waals surface area contributed by atoms with Crippen molar-refractivity contribution in [3.8, 4) is 5.75 Å². The molecule has 1 aliphatic carbocycles. The van der Waals surface area contributed by atoms with E-state index in [1.54, 1.807) is 0 Å². The number of nitrogens with zero attached hydrogens (tertiary/aromatic N) is 3. The van der Waals surface area contributed by atoms with Crippen molar-refractivity contribution in [1.29, 1.82) is 0 Å². The average Bonchev–Trinajstić information content (AvgIpc) is 3.44. The van der Waals surface area contributed by atoms with E-state index in [4.69, 9.17) is 9.72 Å². The van der Waals surface area contributed by atoms with Crippen molar-refractivity contribution >= 4 is 16.9 Å². The first-order valence-corrected chi connectivity index (χ1v) is 14.0. The van der Waals surface area contributed by atoms with Crippen LogP contribution in [0.15, 0.2) is 42.5 Å². The molecule has 36 heavy (non-hydrogen) atoms. The number of para-hydroxylation sites is 2. The molecular formula is C31H41N3O2. The predicted molar refractivity (Wildman–Crippen MR) is 146 cm³/mol. The third-order valence-corrected chi connectivity index (χ3v) is 8.05. The molecule has 192 valence electrons. The van der Waals surface area contributed by atoms with E-state index in [9.17, 15) is 4.79 Å². The summed E-state index contributed by atoms with van der Waals surface area (Å²) < 4.78 is 8.61. The second kappa shape index (κ2) is 11.1. The Balaban J connectivity index is 1.25. The number of hydrogen-bond donors (Lipinski definition) is 0. The van der Waals surface area contributed by atoms with E-state index in [-0.39, 0.29) is 5.92 Å². The van der Waals surface area contributed by atoms with Gasteiger partial charge in [0, 0.05) is 31.5 Å². The van der Waals surface area contributed by atoms with Gasteiger partial charge in [-0.05, 0) is 67.9 Å². The van der Waals surface area contributed by atoms with Crippen LogP contribution in [0.2, 0.25) is 0 Å². The summed E-state index contributed by atoms with van der Waals surface area (Å²) in [4.78, 5) is 20.2. The summed E-state index contributed by atoms with van der Waals surface area (Å²) in [5.74, 6) is 3.06. The Morgan fingerprint density at radius 3 is 2.67 bits per heavy atom. The maximum Gasteiger partial charge on any atom is 0.223 e. The molecule has 1 saturated heterocycles. The highest BCUT2D eigenvalue weighted by Crippen LogP contribution is 2.35. The van der Waals surface area contributed by atoms with Gasteiger partial charge in [-0.3, -0.25) is 4.79 Å². The molecule has 2 fully saturated rings. The molecule has 0 N–H and O–H groups in total. The summed E-state index contributed by atoms with van der Waals surface area (Å²) >= 11 is 0. The van der Waals surface area contributed by atoms with Crippen LogP contribution in [0.1, 0.15) is 94.0 Å². The number of ether oxygens (including phenoxy) is 1. The number of amides is 1. The molecule has 2 aliphatic rings. The summed E-state index contributed by atoms with van der Waals surface area (Å²) in [7, 11) is 0. The van der Waals surface area contributed by atoms with Gasteiger partial charge >= 0.3 is 0 Å². The van der Waals surface area contributed by atoms with Crippen molar-refractivity contribution in [3.63, 3.8) is 0 Å². The molecule has 1 amide bonds. The van der Waals surface area contributed by atoms with E-state index >= 15 is 0 Å². The fourth-order valence-electron chi connectivity index (χ4n) is 6.09. The zero-order valence-electron chi connectivity index (χ0n) is 22.2. The minimum absolute atomic E-state index is 0.184. The molecule has 0 radical (unpaired) electrons. The summed E-state index contributed by atoms with van der Waals surface area (Å²) in [6.07, 6.45) is 8.72. The molecule has 3 aromatic rings. The van der Waals surface area contributed by atoms with Gasteiger partial charge in [0.1, 0.15) is 11.6 Å². The van der Waals surface area contributed by atoms with Crippen LogP contribution in [0.3, 0.4) is 0 Å². The molecule has 5 nitrogen and oxygen atoms in total. The lowest BCUT2D eigenvalue weighted by Crippen LogP contribution is -2.37. The molecule has 0 spiro atoms. The van der Waals surface area contributed by atoms with Gasteiger partial charge in [0.2, 0.25) is 5.91 Å². The summed E-state index contributed by atoms with van der Waals surface area (Å²) in [6, 6.07) is 15.4. The molecule has 5 rings (SSSR count). The SMILES string of the molecule is Cc1ccc(C(C)C)c(OCCCCn2c(C3CC(=O)N(C4CCCCC4)C3)nc3ccccc32)c1. The third kappa shape index (κ3) is 5.30. The van der Waals surface area contributed by atoms with Crippen LogP contribution in [-0.4, -0.2) is 39.6 Å². The second-order valence-electron chi connectivity index (χ2n) is 11.1. The minimum Gasteiger partial charge on any atom is -0.493 e. The fourth-order valence-corrected chi connectivity index (χ4v) is 6.09. The number of unbranched alkanes of at least 4 members (excludes halogenated alkanes) is 1. The van der Waals surface area contributed by atoms with Gasteiger partial charge in [0.15, 0.2) is 0 Å². The number of imidazole rings is 1. The van der Waals surface area contributed by atoms with Crippen molar-refractivity contribution in [3.05, 3.63) is 59.4 Å². The molecule has 1 aromatic heterocycles. The molecule has 1 saturated carbocycles. The van der Waals surface area contributed by atoms with Crippen LogP contribution in [0.5, 0.6) is 5.75 Å². The van der Waals surface area contributed by atoms with E-state index in [1.165, 1.54) is 35.9 Å². The number of carbonyl (C=O) groups excluding carboxylic acids is 1. The lowest BCUT2D eigenvalue weighted by atomic mass is 9.94. The van der Waals surface area contributed by atoms with Gasteiger partial charge in [0.05, 0.1) is 17.6 Å². The van der Waals surface area contributed by atoms with Gasteiger partial charge in [-0.25, -0.2) is 4.98 Å². The van der Waals surface area contributed by atoms with Crippen molar-refractivity contribution in [1.82, 2.24) is 14.5 Å². The Bertz CT molecular complexity index is 1190. The maximum atomic E-state index is 13.0. The Kier molecular flexibility index (Phi) is 7.64. The van der Waals surface area contributed by atoms with E-state index in [0.717, 1.165) is 55.9 Å². The molecule has 1 aliphatic heterocycles. The van der Waals surface area contributed by atoms with E-state index in [0.29, 0.717) is 30.9 Å². The highest BCUT2D eigenvalue weighted by molar-refractivity contribution is 5.81. The first-order valence-electron chi connectivity index (χ1n) is 14.0. The largest absolute Gasteiger partial charge is 0.493 e. The summed E-state index contributed by atoms with van der Waals surface area (Å²) in [5, 5.41) is 0. The Morgan fingerprint density at radius 2 is 1.86 bits per heavy atom. The first kappa shape index (κ1) is 24.9. The smallest absolute Gasteiger partial charge is 0.223 e. The normalized spacial score (nSPS) is 19.1. The number of rotatable bonds is 9. The zero-order chi connectivity index (χ0) is 25.1. The van der Waals surface area contributed by atoms with Gasteiger partial charge < -0.3 is 14.2 Å². The molecule has 1 atom stereocenters. The molecule has 1 unspecified atom stereocenters. The van der Waals surface area contributed by atoms with Crippen molar-refractivity contribution in [2.45, 2.75) is 96.6 Å². The van der Waals surface area contributed by atoms with Crippen molar-refractivity contribution in [2.24, 2.45) is 0 Å². The van der Waals surface area contributed by atoms with Crippen LogP contribution in [0, 0.1) is 6.92 Å². The average molecular weight is 488 g/mol. The van der Waals surface area contributed by atoms with E-state index in [1.807, 2.05) is 0 Å². The minimum atomic E-state index is 0.184. The number of fused-ring (bicyclic) bond motifs is 1. The van der Waals surface area contributed by atoms with Gasteiger partial charge in [-0.2, -0.15) is 0 Å². The number of hydrogen-bond acceptors (Lipinski definition) is 3. The predicted octanol–water partition coefficient (Wildman–Crippen LogP) is 6.98. The Hall–Kier alpha value is -2.82. The second-order valence-corrected chi connectivity index (χ2v) is 11.1. The van der Waals surface area contributed by atoms with Crippen molar-refractivity contribution < 1.29 is 9.53 Å². The number of aromatic nitrogens is 2. The van der Waals surface area contributed by atoms with E-state index in [2.05, 4.69) is 72.7 Å². The monoisotopic (exact) mass is 487 g/mol. The van der Waals surface area contributed by atoms with Crippen LogP contribution in [-0.2, 0) is 11.3 Å². The highest BCUT2D eigenvalue weighted by Gasteiger charge is 2.37. The third-order valence-electron chi connectivity index (χ3n) is 8.05. The van der Waals surface area contributed by atoms with Crippen LogP contribution < -0.4 is 4.74 Å². The number of carbonyl (C=O) groups is 1. The highest BCUT2D eigenvalue weighted by atomic mass is 16.5. The lowest BCUT2D eigenvalue weighted by molar-refractivity contribution is -0.130. The summed E-state index contributed by atoms with van der Waals surface area (Å²) in [5.41, 5.74) is 4.72. The van der Waals surface area contributed by atoms with Crippen LogP contribution in [0.4, 0.5) is 0 Å². The standard InChI is InChI=1S/C31H41N3O2/c1-22(2)26-16-15-23(3)19-29(26)36-18-10-9-17-33-28-14-8-7-13-27(28)32-31(33)24-20-30(35)34(21-24)25-11-5-4-6-12-25/h7-8,13-16,19,22,24-25H,4-6,9-12,17-18,20-21H2,1-3H3. The maximum absolute atomic E-state index is 13.0. The van der Waals surface area contributed by atoms with Gasteiger partial charge in [-0.1, -0.05) is 57.4 Å². The Morgan fingerprint density at radius 1 is 1.06 bits per heavy atom. The molecular weight excluding hydrogens is 446 g/mol. The van der Waals surface area contributed by atoms with Crippen LogP contribution in [0.25, 0.3) is 11.0 Å². The molecule has 2 heterocycles. The van der Waals surface area contributed by atoms with Gasteiger partial charge in [-0.15, -0.1) is 0 Å². The quantitative estimate of drug-likeness (QED) is 0.306. The number of likely N-dealkylation sites (tertiary alicyclic amines) is 1.